The zero-order chi connectivity index (χ0) is 25.0. The highest BCUT2D eigenvalue weighted by molar-refractivity contribution is 6.75. The first-order valence-corrected chi connectivity index (χ1v) is 17.9. The molecular formula is C29H52O2Si2. The molecule has 188 valence electrons. The van der Waals surface area contributed by atoms with E-state index in [0.29, 0.717) is 11.8 Å². The van der Waals surface area contributed by atoms with Crippen molar-refractivity contribution in [2.24, 2.45) is 11.8 Å². The Hall–Kier alpha value is -1.21. The number of hydrogen-bond donors (Lipinski definition) is 0. The minimum Gasteiger partial charge on any atom is -0.416 e. The topological polar surface area (TPSA) is 18.5 Å². The lowest BCUT2D eigenvalue weighted by Crippen LogP contribution is -2.41. The summed E-state index contributed by atoms with van der Waals surface area (Å²) in [5.41, 5.74) is 0. The summed E-state index contributed by atoms with van der Waals surface area (Å²) in [5, 5.41) is 0. The summed E-state index contributed by atoms with van der Waals surface area (Å²) < 4.78 is 13.7. The second kappa shape index (κ2) is 19.1. The average molecular weight is 489 g/mol. The van der Waals surface area contributed by atoms with Gasteiger partial charge in [-0.05, 0) is 60.9 Å². The molecular weight excluding hydrogens is 436 g/mol. The molecule has 4 heteroatoms. The van der Waals surface area contributed by atoms with Gasteiger partial charge in [0.2, 0.25) is 16.6 Å². The summed E-state index contributed by atoms with van der Waals surface area (Å²) in [6.45, 7) is 30.2. The van der Waals surface area contributed by atoms with Gasteiger partial charge in [-0.2, -0.15) is 0 Å². The quantitative estimate of drug-likeness (QED) is 0.0995. The summed E-state index contributed by atoms with van der Waals surface area (Å²) in [6, 6.07) is 5.63. The molecule has 0 rings (SSSR count). The van der Waals surface area contributed by atoms with Crippen molar-refractivity contribution in [3.8, 4) is 0 Å². The van der Waals surface area contributed by atoms with Gasteiger partial charge in [-0.1, -0.05) is 69.6 Å². The highest BCUT2D eigenvalue weighted by Crippen LogP contribution is 2.32. The van der Waals surface area contributed by atoms with E-state index in [1.54, 1.807) is 0 Å². The van der Waals surface area contributed by atoms with Crippen LogP contribution < -0.4 is 0 Å². The summed E-state index contributed by atoms with van der Waals surface area (Å²) in [6.07, 6.45) is 18.1. The Balaban J connectivity index is 5.70. The van der Waals surface area contributed by atoms with E-state index in [1.165, 1.54) is 19.3 Å². The molecule has 0 amide bonds. The standard InChI is InChI=1S/C29H52O2Si2/c1-9-17-19-29(27-31-33(23-14-6,24-15-7)25-16-8)28(18-10-2)26-30-32(20-11-3,21-12-4)22-13-5/h11-16,28-29H,3-10,17-27H2,1-2H3. The maximum atomic E-state index is 6.84. The van der Waals surface area contributed by atoms with Gasteiger partial charge in [0.25, 0.3) is 0 Å². The Morgan fingerprint density at radius 2 is 0.879 bits per heavy atom. The van der Waals surface area contributed by atoms with Crippen LogP contribution in [-0.4, -0.2) is 29.8 Å². The van der Waals surface area contributed by atoms with E-state index in [1.807, 2.05) is 36.5 Å². The van der Waals surface area contributed by atoms with E-state index in [9.17, 15) is 0 Å². The first-order chi connectivity index (χ1) is 16.0. The van der Waals surface area contributed by atoms with Crippen molar-refractivity contribution in [2.45, 2.75) is 82.2 Å². The number of hydrogen-bond acceptors (Lipinski definition) is 2. The van der Waals surface area contributed by atoms with Crippen molar-refractivity contribution in [3.63, 3.8) is 0 Å². The fraction of sp³-hybridized carbons (Fsp3) is 0.586. The third-order valence-corrected chi connectivity index (χ3v) is 14.3. The molecule has 0 aliphatic heterocycles. The molecule has 0 saturated carbocycles. The molecule has 33 heavy (non-hydrogen) atoms. The minimum atomic E-state index is -1.99. The van der Waals surface area contributed by atoms with Crippen molar-refractivity contribution < 1.29 is 8.85 Å². The molecule has 0 aromatic rings. The Morgan fingerprint density at radius 3 is 1.15 bits per heavy atom. The predicted octanol–water partition coefficient (Wildman–Crippen LogP) is 9.25. The molecule has 0 N–H and O–H groups in total. The van der Waals surface area contributed by atoms with E-state index in [2.05, 4.69) is 53.3 Å². The molecule has 0 aromatic heterocycles. The number of allylic oxidation sites excluding steroid dienone is 6. The lowest BCUT2D eigenvalue weighted by Gasteiger charge is -2.36. The van der Waals surface area contributed by atoms with E-state index < -0.39 is 16.6 Å². The minimum absolute atomic E-state index is 0.496. The normalized spacial score (nSPS) is 13.6. The number of rotatable bonds is 24. The second-order valence-electron chi connectivity index (χ2n) is 9.40. The number of unbranched alkanes of at least 4 members (excludes halogenated alkanes) is 1. The van der Waals surface area contributed by atoms with Crippen LogP contribution >= 0.6 is 0 Å². The van der Waals surface area contributed by atoms with Crippen molar-refractivity contribution in [1.82, 2.24) is 0 Å². The third kappa shape index (κ3) is 12.2. The zero-order valence-electron chi connectivity index (χ0n) is 21.9. The molecule has 2 unspecified atom stereocenters. The lowest BCUT2D eigenvalue weighted by atomic mass is 9.86. The van der Waals surface area contributed by atoms with Gasteiger partial charge in [0.05, 0.1) is 0 Å². The Bertz CT molecular complexity index is 531. The molecule has 0 aliphatic carbocycles. The molecule has 0 fully saturated rings. The fourth-order valence-corrected chi connectivity index (χ4v) is 10.7. The summed E-state index contributed by atoms with van der Waals surface area (Å²) >= 11 is 0. The van der Waals surface area contributed by atoms with Gasteiger partial charge < -0.3 is 8.85 Å². The van der Waals surface area contributed by atoms with Crippen LogP contribution in [0, 0.1) is 11.8 Å². The Morgan fingerprint density at radius 1 is 0.545 bits per heavy atom. The van der Waals surface area contributed by atoms with Crippen molar-refractivity contribution in [1.29, 1.82) is 0 Å². The highest BCUT2D eigenvalue weighted by atomic mass is 28.4. The molecule has 0 spiro atoms. The molecule has 0 radical (unpaired) electrons. The molecule has 0 bridgehead atoms. The van der Waals surface area contributed by atoms with Crippen LogP contribution in [0.3, 0.4) is 0 Å². The van der Waals surface area contributed by atoms with Crippen LogP contribution in [0.15, 0.2) is 75.9 Å². The van der Waals surface area contributed by atoms with Gasteiger partial charge in [-0.15, -0.1) is 39.5 Å². The van der Waals surface area contributed by atoms with Crippen molar-refractivity contribution in [3.05, 3.63) is 75.9 Å². The maximum absolute atomic E-state index is 6.84. The zero-order valence-corrected chi connectivity index (χ0v) is 23.9. The van der Waals surface area contributed by atoms with Crippen LogP contribution in [0.2, 0.25) is 36.3 Å². The summed E-state index contributed by atoms with van der Waals surface area (Å²) in [7, 11) is -3.98. The smallest absolute Gasteiger partial charge is 0.203 e. The van der Waals surface area contributed by atoms with Crippen molar-refractivity contribution in [2.75, 3.05) is 13.2 Å². The molecule has 2 nitrogen and oxygen atoms in total. The van der Waals surface area contributed by atoms with Gasteiger partial charge in [-0.3, -0.25) is 0 Å². The van der Waals surface area contributed by atoms with Crippen molar-refractivity contribution >= 4 is 16.6 Å². The van der Waals surface area contributed by atoms with Gasteiger partial charge in [0.1, 0.15) is 0 Å². The van der Waals surface area contributed by atoms with Crippen LogP contribution in [0.4, 0.5) is 0 Å². The average Bonchev–Trinajstić information content (AvgIpc) is 2.78. The highest BCUT2D eigenvalue weighted by Gasteiger charge is 2.35. The fourth-order valence-electron chi connectivity index (χ4n) is 4.75. The predicted molar refractivity (Wildman–Crippen MR) is 155 cm³/mol. The lowest BCUT2D eigenvalue weighted by molar-refractivity contribution is 0.117. The third-order valence-electron chi connectivity index (χ3n) is 6.56. The van der Waals surface area contributed by atoms with Gasteiger partial charge in [0.15, 0.2) is 0 Å². The van der Waals surface area contributed by atoms with Crippen LogP contribution in [0.5, 0.6) is 0 Å². The second-order valence-corrected chi connectivity index (χ2v) is 17.2. The van der Waals surface area contributed by atoms with E-state index in [-0.39, 0.29) is 0 Å². The Labute approximate surface area is 208 Å². The first-order valence-electron chi connectivity index (χ1n) is 12.9. The van der Waals surface area contributed by atoms with Crippen LogP contribution in [0.1, 0.15) is 46.0 Å². The SMILES string of the molecule is C=CC[Si](CC=C)(CC=C)OCC(CCC)C(CCCC)CO[Si](CC=C)(CC=C)CC=C. The molecule has 0 aromatic carbocycles. The van der Waals surface area contributed by atoms with Crippen LogP contribution in [-0.2, 0) is 8.85 Å². The summed E-state index contributed by atoms with van der Waals surface area (Å²) in [5.74, 6) is 0.995. The summed E-state index contributed by atoms with van der Waals surface area (Å²) in [4.78, 5) is 0. The van der Waals surface area contributed by atoms with E-state index in [0.717, 1.165) is 62.3 Å². The largest absolute Gasteiger partial charge is 0.416 e. The maximum Gasteiger partial charge on any atom is 0.203 e. The molecule has 0 saturated heterocycles. The Kier molecular flexibility index (Phi) is 18.4. The molecule has 0 aliphatic rings. The van der Waals surface area contributed by atoms with E-state index >= 15 is 0 Å². The van der Waals surface area contributed by atoms with Crippen LogP contribution in [0.25, 0.3) is 0 Å². The monoisotopic (exact) mass is 488 g/mol. The first kappa shape index (κ1) is 31.8. The van der Waals surface area contributed by atoms with E-state index in [4.69, 9.17) is 8.85 Å². The molecule has 0 heterocycles. The van der Waals surface area contributed by atoms with Gasteiger partial charge in [0, 0.05) is 13.2 Å². The molecule has 2 atom stereocenters. The van der Waals surface area contributed by atoms with Gasteiger partial charge >= 0.3 is 0 Å². The van der Waals surface area contributed by atoms with Gasteiger partial charge in [-0.25, -0.2) is 0 Å².